The second-order valence-corrected chi connectivity index (χ2v) is 3.82. The van der Waals surface area contributed by atoms with Crippen LogP contribution in [0.4, 0.5) is 21.6 Å². The lowest BCUT2D eigenvalue weighted by atomic mass is 10.3. The molecule has 7 heteroatoms. The maximum atomic E-state index is 12.9. The van der Waals surface area contributed by atoms with Gasteiger partial charge in [-0.1, -0.05) is 11.6 Å². The zero-order valence-corrected chi connectivity index (χ0v) is 9.69. The maximum absolute atomic E-state index is 12.9. The summed E-state index contributed by atoms with van der Waals surface area (Å²) in [4.78, 5) is 13.8. The van der Waals surface area contributed by atoms with E-state index in [9.17, 15) is 14.5 Å². The van der Waals surface area contributed by atoms with Gasteiger partial charge in [0.25, 0.3) is 5.69 Å². The second kappa shape index (κ2) is 4.97. The Kier molecular flexibility index (Phi) is 3.38. The number of hydrogen-bond acceptors (Lipinski definition) is 4. The predicted octanol–water partition coefficient (Wildman–Crippen LogP) is 3.53. The van der Waals surface area contributed by atoms with E-state index in [0.29, 0.717) is 11.5 Å². The van der Waals surface area contributed by atoms with Crippen molar-refractivity contribution < 1.29 is 9.31 Å². The molecular weight excluding hydrogens is 261 g/mol. The van der Waals surface area contributed by atoms with Crippen molar-refractivity contribution in [2.75, 3.05) is 5.32 Å². The molecule has 0 fully saturated rings. The molecule has 0 saturated carbocycles. The van der Waals surface area contributed by atoms with Gasteiger partial charge in [-0.05, 0) is 24.3 Å². The van der Waals surface area contributed by atoms with Crippen molar-refractivity contribution in [3.63, 3.8) is 0 Å². The van der Waals surface area contributed by atoms with E-state index in [0.717, 1.165) is 6.20 Å². The first-order valence-corrected chi connectivity index (χ1v) is 5.26. The Hall–Kier alpha value is -2.21. The summed E-state index contributed by atoms with van der Waals surface area (Å²) in [6.45, 7) is 0. The minimum Gasteiger partial charge on any atom is -0.340 e. The highest BCUT2D eigenvalue weighted by molar-refractivity contribution is 6.31. The number of rotatable bonds is 3. The maximum Gasteiger partial charge on any atom is 0.287 e. The van der Waals surface area contributed by atoms with Crippen molar-refractivity contribution in [2.45, 2.75) is 0 Å². The van der Waals surface area contributed by atoms with E-state index in [1.54, 1.807) is 0 Å². The Bertz CT molecular complexity index is 589. The van der Waals surface area contributed by atoms with Gasteiger partial charge in [0, 0.05) is 11.8 Å². The standard InChI is InChI=1S/C11H7ClFN3O2/c12-9-5-7(1-3-10(9)13)15-11-4-2-8(6-14-11)16(17)18/h1-6H,(H,14,15). The third kappa shape index (κ3) is 2.72. The van der Waals surface area contributed by atoms with Gasteiger partial charge < -0.3 is 5.32 Å². The molecule has 1 aromatic carbocycles. The van der Waals surface area contributed by atoms with E-state index >= 15 is 0 Å². The van der Waals surface area contributed by atoms with Crippen LogP contribution in [0.1, 0.15) is 0 Å². The molecule has 0 amide bonds. The lowest BCUT2D eigenvalue weighted by molar-refractivity contribution is -0.385. The zero-order chi connectivity index (χ0) is 13.1. The van der Waals surface area contributed by atoms with Gasteiger partial charge >= 0.3 is 0 Å². The van der Waals surface area contributed by atoms with E-state index in [2.05, 4.69) is 10.3 Å². The third-order valence-electron chi connectivity index (χ3n) is 2.15. The number of hydrogen-bond donors (Lipinski definition) is 1. The Balaban J connectivity index is 2.18. The van der Waals surface area contributed by atoms with Gasteiger partial charge in [0.2, 0.25) is 0 Å². The first-order chi connectivity index (χ1) is 8.56. The van der Waals surface area contributed by atoms with Gasteiger partial charge in [0.1, 0.15) is 17.8 Å². The van der Waals surface area contributed by atoms with Crippen LogP contribution >= 0.6 is 11.6 Å². The molecule has 1 aromatic heterocycles. The van der Waals surface area contributed by atoms with Crippen molar-refractivity contribution in [3.8, 4) is 0 Å². The number of anilines is 2. The van der Waals surface area contributed by atoms with Crippen LogP contribution < -0.4 is 5.32 Å². The van der Waals surface area contributed by atoms with Crippen molar-refractivity contribution in [3.05, 3.63) is 57.5 Å². The highest BCUT2D eigenvalue weighted by atomic mass is 35.5. The highest BCUT2D eigenvalue weighted by Crippen LogP contribution is 2.22. The first-order valence-electron chi connectivity index (χ1n) is 4.89. The van der Waals surface area contributed by atoms with Crippen molar-refractivity contribution in [2.24, 2.45) is 0 Å². The van der Waals surface area contributed by atoms with Crippen LogP contribution in [0.3, 0.4) is 0 Å². The van der Waals surface area contributed by atoms with Crippen LogP contribution in [0.15, 0.2) is 36.5 Å². The molecule has 0 atom stereocenters. The second-order valence-electron chi connectivity index (χ2n) is 3.41. The number of nitrogens with zero attached hydrogens (tertiary/aromatic N) is 2. The van der Waals surface area contributed by atoms with E-state index in [-0.39, 0.29) is 10.7 Å². The smallest absolute Gasteiger partial charge is 0.287 e. The molecule has 2 aromatic rings. The van der Waals surface area contributed by atoms with E-state index < -0.39 is 10.7 Å². The van der Waals surface area contributed by atoms with Crippen LogP contribution in [0, 0.1) is 15.9 Å². The normalized spacial score (nSPS) is 10.1. The molecule has 0 aliphatic carbocycles. The van der Waals surface area contributed by atoms with Crippen LogP contribution in [-0.4, -0.2) is 9.91 Å². The molecule has 92 valence electrons. The van der Waals surface area contributed by atoms with E-state index in [1.165, 1.54) is 30.3 Å². The van der Waals surface area contributed by atoms with Crippen LogP contribution in [0.2, 0.25) is 5.02 Å². The van der Waals surface area contributed by atoms with Crippen molar-refractivity contribution >= 4 is 28.8 Å². The minimum atomic E-state index is -0.536. The highest BCUT2D eigenvalue weighted by Gasteiger charge is 2.06. The predicted molar refractivity (Wildman–Crippen MR) is 65.6 cm³/mol. The van der Waals surface area contributed by atoms with Crippen molar-refractivity contribution in [1.29, 1.82) is 0 Å². The summed E-state index contributed by atoms with van der Waals surface area (Å²) in [6, 6.07) is 6.89. The zero-order valence-electron chi connectivity index (χ0n) is 8.93. The minimum absolute atomic E-state index is 0.0121. The van der Waals surface area contributed by atoms with Crippen LogP contribution in [0.25, 0.3) is 0 Å². The molecule has 0 aliphatic rings. The summed E-state index contributed by atoms with van der Waals surface area (Å²) < 4.78 is 12.9. The topological polar surface area (TPSA) is 68.1 Å². The average molecular weight is 268 g/mol. The number of halogens is 2. The molecular formula is C11H7ClFN3O2. The summed E-state index contributed by atoms with van der Waals surface area (Å²) in [6.07, 6.45) is 1.13. The molecule has 0 aliphatic heterocycles. The Morgan fingerprint density at radius 1 is 1.33 bits per heavy atom. The van der Waals surface area contributed by atoms with Crippen LogP contribution in [-0.2, 0) is 0 Å². The quantitative estimate of drug-likeness (QED) is 0.682. The fraction of sp³-hybridized carbons (Fsp3) is 0. The van der Waals surface area contributed by atoms with Crippen LogP contribution in [0.5, 0.6) is 0 Å². The molecule has 0 radical (unpaired) electrons. The molecule has 2 rings (SSSR count). The number of nitro groups is 1. The number of benzene rings is 1. The molecule has 18 heavy (non-hydrogen) atoms. The average Bonchev–Trinajstić information content (AvgIpc) is 2.34. The SMILES string of the molecule is O=[N+]([O-])c1ccc(Nc2ccc(F)c(Cl)c2)nc1. The van der Waals surface area contributed by atoms with Crippen molar-refractivity contribution in [1.82, 2.24) is 4.98 Å². The summed E-state index contributed by atoms with van der Waals surface area (Å²) in [5.74, 6) is -0.109. The van der Waals surface area contributed by atoms with Gasteiger partial charge in [-0.2, -0.15) is 0 Å². The molecule has 0 unspecified atom stereocenters. The Morgan fingerprint density at radius 3 is 2.67 bits per heavy atom. The third-order valence-corrected chi connectivity index (χ3v) is 2.44. The lowest BCUT2D eigenvalue weighted by Crippen LogP contribution is -1.95. The molecule has 1 N–H and O–H groups in total. The largest absolute Gasteiger partial charge is 0.340 e. The van der Waals surface area contributed by atoms with Gasteiger partial charge in [-0.15, -0.1) is 0 Å². The summed E-state index contributed by atoms with van der Waals surface area (Å²) >= 11 is 5.62. The fourth-order valence-corrected chi connectivity index (χ4v) is 1.47. The van der Waals surface area contributed by atoms with Gasteiger partial charge in [-0.3, -0.25) is 10.1 Å². The summed E-state index contributed by atoms with van der Waals surface area (Å²) in [7, 11) is 0. The first kappa shape index (κ1) is 12.3. The van der Waals surface area contributed by atoms with E-state index in [1.807, 2.05) is 0 Å². The molecule has 0 bridgehead atoms. The Morgan fingerprint density at radius 2 is 2.11 bits per heavy atom. The van der Waals surface area contributed by atoms with E-state index in [4.69, 9.17) is 11.6 Å². The Labute approximate surface area is 106 Å². The molecule has 1 heterocycles. The lowest BCUT2D eigenvalue weighted by Gasteiger charge is -2.05. The van der Waals surface area contributed by atoms with Gasteiger partial charge in [-0.25, -0.2) is 9.37 Å². The van der Waals surface area contributed by atoms with Gasteiger partial charge in [0.05, 0.1) is 9.95 Å². The monoisotopic (exact) mass is 267 g/mol. The summed E-state index contributed by atoms with van der Waals surface area (Å²) in [5.41, 5.74) is 0.445. The number of aromatic nitrogens is 1. The number of pyridine rings is 1. The number of nitrogens with one attached hydrogen (secondary N) is 1. The molecule has 0 spiro atoms. The molecule has 5 nitrogen and oxygen atoms in total. The fourth-order valence-electron chi connectivity index (χ4n) is 1.29. The van der Waals surface area contributed by atoms with Gasteiger partial charge in [0.15, 0.2) is 0 Å². The summed E-state index contributed by atoms with van der Waals surface area (Å²) in [5, 5.41) is 13.3. The molecule has 0 saturated heterocycles.